The minimum absolute atomic E-state index is 0.106. The molecule has 2 heterocycles. The molecule has 0 bridgehead atoms. The molecule has 0 saturated heterocycles. The van der Waals surface area contributed by atoms with E-state index in [1.54, 1.807) is 6.92 Å². The van der Waals surface area contributed by atoms with Gasteiger partial charge in [-0.15, -0.1) is 11.3 Å². The molecule has 0 aliphatic heterocycles. The van der Waals surface area contributed by atoms with Gasteiger partial charge in [0.05, 0.1) is 18.4 Å². The molecular weight excluding hydrogens is 264 g/mol. The summed E-state index contributed by atoms with van der Waals surface area (Å²) in [6.07, 6.45) is 2.51. The molecular formula is C13H14N2O3S. The van der Waals surface area contributed by atoms with Crippen molar-refractivity contribution in [1.82, 2.24) is 9.97 Å². The van der Waals surface area contributed by atoms with E-state index < -0.39 is 0 Å². The lowest BCUT2D eigenvalue weighted by Gasteiger charge is -2.19. The zero-order valence-corrected chi connectivity index (χ0v) is 11.6. The van der Waals surface area contributed by atoms with E-state index in [4.69, 9.17) is 4.74 Å². The maximum atomic E-state index is 12.1. The molecule has 1 aliphatic carbocycles. The van der Waals surface area contributed by atoms with Crippen LogP contribution < -0.4 is 5.56 Å². The zero-order chi connectivity index (χ0) is 13.6. The number of carbonyl (C=O) groups excluding carboxylic acids is 1. The Morgan fingerprint density at radius 3 is 3.05 bits per heavy atom. The van der Waals surface area contributed by atoms with Crippen LogP contribution in [0.3, 0.4) is 0 Å². The fourth-order valence-corrected chi connectivity index (χ4v) is 4.09. The fourth-order valence-electron chi connectivity index (χ4n) is 2.70. The van der Waals surface area contributed by atoms with Gasteiger partial charge in [-0.3, -0.25) is 9.59 Å². The quantitative estimate of drug-likeness (QED) is 0.808. The van der Waals surface area contributed by atoms with Crippen LogP contribution in [-0.2, 0) is 16.0 Å². The number of hydrogen-bond acceptors (Lipinski definition) is 5. The van der Waals surface area contributed by atoms with E-state index >= 15 is 0 Å². The van der Waals surface area contributed by atoms with Crippen molar-refractivity contribution in [1.29, 1.82) is 0 Å². The van der Waals surface area contributed by atoms with Crippen LogP contribution in [0.5, 0.6) is 0 Å². The Kier molecular flexibility index (Phi) is 2.89. The van der Waals surface area contributed by atoms with Crippen molar-refractivity contribution in [2.24, 2.45) is 0 Å². The van der Waals surface area contributed by atoms with Crippen molar-refractivity contribution in [2.45, 2.75) is 32.1 Å². The second kappa shape index (κ2) is 4.45. The fraction of sp³-hybridized carbons (Fsp3) is 0.462. The maximum absolute atomic E-state index is 12.1. The summed E-state index contributed by atoms with van der Waals surface area (Å²) in [4.78, 5) is 32.7. The Labute approximate surface area is 113 Å². The monoisotopic (exact) mass is 278 g/mol. The Balaban J connectivity index is 2.27. The number of nitrogens with zero attached hydrogens (tertiary/aromatic N) is 1. The number of aromatic amines is 1. The van der Waals surface area contributed by atoms with Gasteiger partial charge in [-0.05, 0) is 31.7 Å². The number of methoxy groups -OCH3 is 1. The molecule has 1 N–H and O–H groups in total. The second-order valence-corrected chi connectivity index (χ2v) is 5.77. The summed E-state index contributed by atoms with van der Waals surface area (Å²) >= 11 is 1.45. The van der Waals surface area contributed by atoms with Crippen molar-refractivity contribution in [3.05, 3.63) is 26.6 Å². The molecule has 3 rings (SSSR count). The summed E-state index contributed by atoms with van der Waals surface area (Å²) in [6.45, 7) is 1.76. The van der Waals surface area contributed by atoms with Gasteiger partial charge < -0.3 is 9.72 Å². The molecule has 1 aliphatic rings. The predicted molar refractivity (Wildman–Crippen MR) is 72.7 cm³/mol. The summed E-state index contributed by atoms with van der Waals surface area (Å²) < 4.78 is 4.86. The molecule has 100 valence electrons. The number of aromatic nitrogens is 2. The van der Waals surface area contributed by atoms with Gasteiger partial charge in [0.25, 0.3) is 5.56 Å². The predicted octanol–water partition coefficient (Wildman–Crippen LogP) is 1.89. The first-order chi connectivity index (χ1) is 9.11. The summed E-state index contributed by atoms with van der Waals surface area (Å²) in [5.41, 5.74) is 0.876. The van der Waals surface area contributed by atoms with E-state index in [1.807, 2.05) is 0 Å². The molecule has 2 aromatic heterocycles. The van der Waals surface area contributed by atoms with Gasteiger partial charge in [0, 0.05) is 4.88 Å². The minimum Gasteiger partial charge on any atom is -0.469 e. The Hall–Kier alpha value is -1.69. The van der Waals surface area contributed by atoms with E-state index in [1.165, 1.54) is 18.4 Å². The molecule has 0 amide bonds. The SMILES string of the molecule is COC(=O)C1CCCc2c1sc1nc(C)[nH]c(=O)c21. The van der Waals surface area contributed by atoms with Crippen LogP contribution in [0, 0.1) is 6.92 Å². The van der Waals surface area contributed by atoms with Gasteiger partial charge in [0.15, 0.2) is 0 Å². The van der Waals surface area contributed by atoms with Crippen LogP contribution >= 0.6 is 11.3 Å². The number of nitrogens with one attached hydrogen (secondary N) is 1. The molecule has 0 fully saturated rings. The van der Waals surface area contributed by atoms with Crippen LogP contribution in [0.4, 0.5) is 0 Å². The third-order valence-electron chi connectivity index (χ3n) is 3.53. The molecule has 0 saturated carbocycles. The molecule has 1 unspecified atom stereocenters. The summed E-state index contributed by atoms with van der Waals surface area (Å²) in [5, 5.41) is 0.652. The molecule has 2 aromatic rings. The standard InChI is InChI=1S/C13H14N2O3S/c1-6-14-11(16)9-7-4-3-5-8(13(17)18-2)10(7)19-12(9)15-6/h8H,3-5H2,1-2H3,(H,14,15,16). The normalized spacial score (nSPS) is 18.3. The Morgan fingerprint density at radius 1 is 1.53 bits per heavy atom. The van der Waals surface area contributed by atoms with Gasteiger partial charge in [-0.25, -0.2) is 4.98 Å². The maximum Gasteiger partial charge on any atom is 0.313 e. The third-order valence-corrected chi connectivity index (χ3v) is 4.77. The van der Waals surface area contributed by atoms with Gasteiger partial charge in [-0.2, -0.15) is 0 Å². The lowest BCUT2D eigenvalue weighted by molar-refractivity contribution is -0.142. The first kappa shape index (κ1) is 12.3. The average Bonchev–Trinajstić information content (AvgIpc) is 2.75. The van der Waals surface area contributed by atoms with E-state index in [0.29, 0.717) is 11.2 Å². The molecule has 0 spiro atoms. The molecule has 19 heavy (non-hydrogen) atoms. The van der Waals surface area contributed by atoms with Crippen molar-refractivity contribution < 1.29 is 9.53 Å². The molecule has 5 nitrogen and oxygen atoms in total. The molecule has 0 aromatic carbocycles. The summed E-state index contributed by atoms with van der Waals surface area (Å²) in [6, 6.07) is 0. The molecule has 1 atom stereocenters. The van der Waals surface area contributed by atoms with Crippen molar-refractivity contribution >= 4 is 27.5 Å². The largest absolute Gasteiger partial charge is 0.469 e. The second-order valence-electron chi connectivity index (χ2n) is 4.74. The number of aryl methyl sites for hydroxylation is 2. The van der Waals surface area contributed by atoms with Crippen molar-refractivity contribution in [3.63, 3.8) is 0 Å². The summed E-state index contributed by atoms with van der Waals surface area (Å²) in [5.74, 6) is 0.138. The lowest BCUT2D eigenvalue weighted by atomic mass is 9.88. The van der Waals surface area contributed by atoms with Crippen molar-refractivity contribution in [3.8, 4) is 0 Å². The number of H-pyrrole nitrogens is 1. The lowest BCUT2D eigenvalue weighted by Crippen LogP contribution is -2.19. The van der Waals surface area contributed by atoms with Gasteiger partial charge in [0.1, 0.15) is 10.7 Å². The number of esters is 1. The average molecular weight is 278 g/mol. The zero-order valence-electron chi connectivity index (χ0n) is 10.8. The highest BCUT2D eigenvalue weighted by atomic mass is 32.1. The minimum atomic E-state index is -0.243. The summed E-state index contributed by atoms with van der Waals surface area (Å²) in [7, 11) is 1.40. The highest BCUT2D eigenvalue weighted by Gasteiger charge is 2.31. The number of fused-ring (bicyclic) bond motifs is 3. The number of hydrogen-bond donors (Lipinski definition) is 1. The highest BCUT2D eigenvalue weighted by molar-refractivity contribution is 7.19. The topological polar surface area (TPSA) is 72.0 Å². The molecule has 6 heteroatoms. The van der Waals surface area contributed by atoms with E-state index in [2.05, 4.69) is 9.97 Å². The van der Waals surface area contributed by atoms with Gasteiger partial charge in [0.2, 0.25) is 0 Å². The van der Waals surface area contributed by atoms with Gasteiger partial charge >= 0.3 is 5.97 Å². The van der Waals surface area contributed by atoms with Crippen LogP contribution in [0.15, 0.2) is 4.79 Å². The van der Waals surface area contributed by atoms with Gasteiger partial charge in [-0.1, -0.05) is 0 Å². The Bertz CT molecular complexity index is 716. The first-order valence-electron chi connectivity index (χ1n) is 6.22. The van der Waals surface area contributed by atoms with Crippen LogP contribution in [-0.4, -0.2) is 23.0 Å². The van der Waals surface area contributed by atoms with E-state index in [0.717, 1.165) is 34.5 Å². The van der Waals surface area contributed by atoms with Crippen molar-refractivity contribution in [2.75, 3.05) is 7.11 Å². The number of rotatable bonds is 1. The third kappa shape index (κ3) is 1.87. The highest BCUT2D eigenvalue weighted by Crippen LogP contribution is 2.40. The van der Waals surface area contributed by atoms with Crippen LogP contribution in [0.1, 0.15) is 35.0 Å². The van der Waals surface area contributed by atoms with Crippen LogP contribution in [0.25, 0.3) is 10.2 Å². The number of ether oxygens (including phenoxy) is 1. The Morgan fingerprint density at radius 2 is 2.32 bits per heavy atom. The first-order valence-corrected chi connectivity index (χ1v) is 7.03. The van der Waals surface area contributed by atoms with Crippen LogP contribution in [0.2, 0.25) is 0 Å². The van der Waals surface area contributed by atoms with E-state index in [-0.39, 0.29) is 17.4 Å². The smallest absolute Gasteiger partial charge is 0.313 e. The molecule has 0 radical (unpaired) electrons. The number of thiophene rings is 1. The van der Waals surface area contributed by atoms with E-state index in [9.17, 15) is 9.59 Å². The number of carbonyl (C=O) groups is 1.